The number of halogens is 1. The molecule has 1 aromatic rings. The lowest BCUT2D eigenvalue weighted by atomic mass is 9.85. The fourth-order valence-electron chi connectivity index (χ4n) is 2.92. The number of benzene rings is 1. The van der Waals surface area contributed by atoms with Crippen LogP contribution in [0, 0.1) is 0 Å². The van der Waals surface area contributed by atoms with E-state index in [0.29, 0.717) is 11.1 Å². The number of ether oxygens (including phenoxy) is 1. The van der Waals surface area contributed by atoms with Crippen molar-refractivity contribution in [2.45, 2.75) is 77.1 Å². The quantitative estimate of drug-likeness (QED) is 0.749. The van der Waals surface area contributed by atoms with Crippen LogP contribution >= 0.6 is 0 Å². The van der Waals surface area contributed by atoms with Crippen LogP contribution in [0.3, 0.4) is 0 Å². The van der Waals surface area contributed by atoms with Gasteiger partial charge in [-0.1, -0.05) is 18.2 Å². The van der Waals surface area contributed by atoms with Crippen molar-refractivity contribution >= 4 is 17.1 Å². The Morgan fingerprint density at radius 3 is 2.34 bits per heavy atom. The summed E-state index contributed by atoms with van der Waals surface area (Å²) in [5.41, 5.74) is -0.648. The van der Waals surface area contributed by atoms with E-state index in [1.54, 1.807) is 39.0 Å². The molecule has 1 aromatic carbocycles. The van der Waals surface area contributed by atoms with Crippen molar-refractivity contribution in [2.24, 2.45) is 0 Å². The lowest BCUT2D eigenvalue weighted by Crippen LogP contribution is -2.59. The van der Waals surface area contributed by atoms with E-state index in [0.717, 1.165) is 5.56 Å². The third kappa shape index (κ3) is 5.99. The maximum atomic E-state index is 15.5. The molecule has 0 spiro atoms. The maximum absolute atomic E-state index is 15.5. The van der Waals surface area contributed by atoms with Gasteiger partial charge in [-0.2, -0.15) is 0 Å². The lowest BCUT2D eigenvalue weighted by molar-refractivity contribution is -0.0538. The van der Waals surface area contributed by atoms with Gasteiger partial charge in [0.1, 0.15) is 5.60 Å². The first-order valence-corrected chi connectivity index (χ1v) is 10.9. The van der Waals surface area contributed by atoms with Crippen LogP contribution < -0.4 is 4.72 Å². The summed E-state index contributed by atoms with van der Waals surface area (Å²) in [6.07, 6.45) is -0.542. The molecule has 1 saturated heterocycles. The second-order valence-corrected chi connectivity index (χ2v) is 11.6. The van der Waals surface area contributed by atoms with Crippen LogP contribution in [-0.2, 0) is 28.0 Å². The van der Waals surface area contributed by atoms with Gasteiger partial charge in [-0.25, -0.2) is 18.1 Å². The average molecular weight is 429 g/mol. The van der Waals surface area contributed by atoms with Crippen LogP contribution in [0.4, 0.5) is 9.18 Å². The highest BCUT2D eigenvalue weighted by Gasteiger charge is 2.48. The molecule has 1 amide bonds. The highest BCUT2D eigenvalue weighted by Crippen LogP contribution is 2.38. The second kappa shape index (κ2) is 8.32. The summed E-state index contributed by atoms with van der Waals surface area (Å²) in [5, 5.41) is 9.62. The second-order valence-electron chi connectivity index (χ2n) is 9.64. The minimum absolute atomic E-state index is 0.105. The molecule has 6 nitrogen and oxygen atoms in total. The van der Waals surface area contributed by atoms with Gasteiger partial charge < -0.3 is 14.7 Å². The maximum Gasteiger partial charge on any atom is 0.410 e. The summed E-state index contributed by atoms with van der Waals surface area (Å²) in [6, 6.07) is 4.80. The zero-order valence-corrected chi connectivity index (χ0v) is 19.2. The number of hydrogen-bond donors (Lipinski definition) is 2. The Labute approximate surface area is 175 Å². The number of alkyl halides is 1. The molecule has 0 saturated carbocycles. The van der Waals surface area contributed by atoms with Crippen LogP contribution in [0.1, 0.15) is 71.2 Å². The van der Waals surface area contributed by atoms with Gasteiger partial charge in [-0.3, -0.25) is 0 Å². The Bertz CT molecular complexity index is 780. The summed E-state index contributed by atoms with van der Waals surface area (Å²) in [6.45, 7) is 12.3. The molecule has 1 heterocycles. The van der Waals surface area contributed by atoms with Gasteiger partial charge in [0.15, 0.2) is 5.67 Å². The molecule has 0 aliphatic carbocycles. The zero-order valence-electron chi connectivity index (χ0n) is 18.3. The van der Waals surface area contributed by atoms with Crippen molar-refractivity contribution in [2.75, 3.05) is 13.1 Å². The number of carbonyl (C=O) groups excluding carboxylic acids is 1. The smallest absolute Gasteiger partial charge is 0.410 e. The van der Waals surface area contributed by atoms with E-state index in [-0.39, 0.29) is 25.7 Å². The Morgan fingerprint density at radius 2 is 1.86 bits per heavy atom. The van der Waals surface area contributed by atoms with Crippen molar-refractivity contribution in [3.8, 4) is 0 Å². The van der Waals surface area contributed by atoms with Crippen LogP contribution in [0.25, 0.3) is 0 Å². The summed E-state index contributed by atoms with van der Waals surface area (Å²) >= 11 is 0. The molecule has 0 aromatic heterocycles. The van der Waals surface area contributed by atoms with Gasteiger partial charge in [0.2, 0.25) is 0 Å². The van der Waals surface area contributed by atoms with E-state index < -0.39 is 33.1 Å². The Morgan fingerprint density at radius 1 is 1.28 bits per heavy atom. The number of carbonyl (C=O) groups is 1. The fourth-order valence-corrected chi connectivity index (χ4v) is 3.73. The van der Waals surface area contributed by atoms with Gasteiger partial charge in [0.25, 0.3) is 0 Å². The van der Waals surface area contributed by atoms with Crippen LogP contribution in [-0.4, -0.2) is 43.7 Å². The molecule has 1 aliphatic heterocycles. The molecule has 1 fully saturated rings. The molecule has 1 aliphatic rings. The Balaban J connectivity index is 2.19. The summed E-state index contributed by atoms with van der Waals surface area (Å²) < 4.78 is 35.8. The van der Waals surface area contributed by atoms with Crippen LogP contribution in [0.15, 0.2) is 18.2 Å². The van der Waals surface area contributed by atoms with Gasteiger partial charge in [0.05, 0.1) is 35.4 Å². The van der Waals surface area contributed by atoms with Gasteiger partial charge >= 0.3 is 6.09 Å². The fraction of sp³-hybridized carbons (Fsp3) is 0.667. The van der Waals surface area contributed by atoms with E-state index in [9.17, 15) is 14.1 Å². The predicted molar refractivity (Wildman–Crippen MR) is 112 cm³/mol. The van der Waals surface area contributed by atoms with Crippen molar-refractivity contribution in [3.63, 3.8) is 0 Å². The number of likely N-dealkylation sites (tertiary alicyclic amines) is 1. The number of rotatable bonds is 5. The molecule has 2 atom stereocenters. The average Bonchev–Trinajstić information content (AvgIpc) is 2.55. The van der Waals surface area contributed by atoms with Crippen molar-refractivity contribution < 1.29 is 23.2 Å². The molecular formula is C21H33FN2O4S. The molecule has 164 valence electrons. The first-order chi connectivity index (χ1) is 13.1. The third-order valence-corrected chi connectivity index (χ3v) is 6.27. The van der Waals surface area contributed by atoms with E-state index in [1.165, 1.54) is 4.90 Å². The SMILES string of the molecule is C[C@@H](NS(=O)C(C)(C)C)c1cc(CO)cc(C2(F)CN(C(=O)OC(C)(C)C)C2)c1. The number of amides is 1. The third-order valence-electron chi connectivity index (χ3n) is 4.59. The van der Waals surface area contributed by atoms with Gasteiger partial charge in [-0.15, -0.1) is 0 Å². The zero-order chi connectivity index (χ0) is 22.2. The summed E-state index contributed by atoms with van der Waals surface area (Å²) in [5.74, 6) is 0. The van der Waals surface area contributed by atoms with Crippen molar-refractivity contribution in [3.05, 3.63) is 34.9 Å². The highest BCUT2D eigenvalue weighted by molar-refractivity contribution is 7.84. The highest BCUT2D eigenvalue weighted by atomic mass is 32.2. The van der Waals surface area contributed by atoms with E-state index in [4.69, 9.17) is 4.74 Å². The molecule has 2 N–H and O–H groups in total. The van der Waals surface area contributed by atoms with E-state index in [1.807, 2.05) is 27.7 Å². The minimum atomic E-state index is -1.71. The minimum Gasteiger partial charge on any atom is -0.444 e. The molecule has 2 rings (SSSR count). The number of hydrogen-bond acceptors (Lipinski definition) is 4. The van der Waals surface area contributed by atoms with Crippen molar-refractivity contribution in [1.29, 1.82) is 0 Å². The van der Waals surface area contributed by atoms with E-state index in [2.05, 4.69) is 4.72 Å². The first-order valence-electron chi connectivity index (χ1n) is 9.75. The summed E-state index contributed by atoms with van der Waals surface area (Å²) in [7, 11) is -1.29. The standard InChI is InChI=1S/C21H33FN2O4S/c1-14(23-29(27)20(5,6)7)16-8-15(11-25)9-17(10-16)21(22)12-24(13-21)18(26)28-19(2,3)4/h8-10,14,23,25H,11-13H2,1-7H3/t14-,29?/m1/s1. The number of aliphatic hydroxyl groups excluding tert-OH is 1. The molecule has 29 heavy (non-hydrogen) atoms. The molecular weight excluding hydrogens is 395 g/mol. The molecule has 0 radical (unpaired) electrons. The van der Waals surface area contributed by atoms with Gasteiger partial charge in [-0.05, 0) is 65.2 Å². The topological polar surface area (TPSA) is 78.9 Å². The number of aliphatic hydroxyl groups is 1. The first kappa shape index (κ1) is 23.8. The molecule has 8 heteroatoms. The summed E-state index contributed by atoms with van der Waals surface area (Å²) in [4.78, 5) is 13.5. The van der Waals surface area contributed by atoms with E-state index >= 15 is 4.39 Å². The van der Waals surface area contributed by atoms with Crippen LogP contribution in [0.2, 0.25) is 0 Å². The number of nitrogens with zero attached hydrogens (tertiary/aromatic N) is 1. The molecule has 1 unspecified atom stereocenters. The van der Waals surface area contributed by atoms with Crippen molar-refractivity contribution in [1.82, 2.24) is 9.62 Å². The van der Waals surface area contributed by atoms with Gasteiger partial charge in [0, 0.05) is 6.04 Å². The number of nitrogens with one attached hydrogen (secondary N) is 1. The monoisotopic (exact) mass is 428 g/mol. The predicted octanol–water partition coefficient (Wildman–Crippen LogP) is 3.71. The van der Waals surface area contributed by atoms with Crippen LogP contribution in [0.5, 0.6) is 0 Å². The normalized spacial score (nSPS) is 18.7. The lowest BCUT2D eigenvalue weighted by Gasteiger charge is -2.45. The molecule has 0 bridgehead atoms. The largest absolute Gasteiger partial charge is 0.444 e. The Kier molecular flexibility index (Phi) is 6.82. The Hall–Kier alpha value is -1.51.